The van der Waals surface area contributed by atoms with Gasteiger partial charge in [-0.15, -0.1) is 0 Å². The van der Waals surface area contributed by atoms with Crippen LogP contribution >= 0.6 is 0 Å². The quantitative estimate of drug-likeness (QED) is 0.604. The second-order valence-corrected chi connectivity index (χ2v) is 4.29. The van der Waals surface area contributed by atoms with Gasteiger partial charge in [-0.3, -0.25) is 10.1 Å². The Morgan fingerprint density at radius 1 is 1.55 bits per heavy atom. The first-order valence-corrected chi connectivity index (χ1v) is 6.34. The number of anilines is 1. The predicted molar refractivity (Wildman–Crippen MR) is 70.4 cm³/mol. The van der Waals surface area contributed by atoms with Crippen LogP contribution in [-0.4, -0.2) is 31.4 Å². The molecule has 0 saturated carbocycles. The maximum absolute atomic E-state index is 11.1. The summed E-state index contributed by atoms with van der Waals surface area (Å²) < 4.78 is 6.26. The maximum atomic E-state index is 11.1. The van der Waals surface area contributed by atoms with Crippen LogP contribution in [0, 0.1) is 17.0 Å². The zero-order valence-corrected chi connectivity index (χ0v) is 11.4. The monoisotopic (exact) mass is 280 g/mol. The van der Waals surface area contributed by atoms with Crippen molar-refractivity contribution in [2.75, 3.05) is 11.9 Å². The summed E-state index contributed by atoms with van der Waals surface area (Å²) >= 11 is 0. The van der Waals surface area contributed by atoms with E-state index >= 15 is 0 Å². The molecule has 0 saturated heterocycles. The van der Waals surface area contributed by atoms with Crippen molar-refractivity contribution in [3.8, 4) is 0 Å². The summed E-state index contributed by atoms with van der Waals surface area (Å²) in [6, 6.07) is 0. The molecule has 20 heavy (non-hydrogen) atoms. The maximum Gasteiger partial charge on any atom is 0.333 e. The van der Waals surface area contributed by atoms with Crippen molar-refractivity contribution in [2.24, 2.45) is 0 Å². The van der Waals surface area contributed by atoms with Crippen molar-refractivity contribution in [3.05, 3.63) is 28.0 Å². The van der Waals surface area contributed by atoms with Gasteiger partial charge in [-0.25, -0.2) is 4.68 Å². The molecule has 2 heterocycles. The molecule has 0 spiro atoms. The van der Waals surface area contributed by atoms with Gasteiger partial charge in [-0.2, -0.15) is 10.1 Å². The molecule has 0 radical (unpaired) electrons. The van der Waals surface area contributed by atoms with Crippen molar-refractivity contribution < 1.29 is 9.45 Å². The molecule has 0 atom stereocenters. The van der Waals surface area contributed by atoms with E-state index in [-0.39, 0.29) is 5.69 Å². The fraction of sp³-hybridized carbons (Fsp3) is 0.545. The van der Waals surface area contributed by atoms with Crippen LogP contribution in [0.1, 0.15) is 24.9 Å². The Balaban J connectivity index is 2.13. The summed E-state index contributed by atoms with van der Waals surface area (Å²) in [5.74, 6) is 0.983. The minimum Gasteiger partial charge on any atom is -0.364 e. The zero-order valence-electron chi connectivity index (χ0n) is 11.4. The van der Waals surface area contributed by atoms with Gasteiger partial charge in [-0.05, 0) is 13.3 Å². The average molecular weight is 280 g/mol. The van der Waals surface area contributed by atoms with E-state index in [0.29, 0.717) is 36.8 Å². The molecule has 0 fully saturated rings. The molecule has 0 bridgehead atoms. The molecule has 9 heteroatoms. The Bertz CT molecular complexity index is 577. The molecule has 0 unspecified atom stereocenters. The largest absolute Gasteiger partial charge is 0.364 e. The molecular formula is C11H16N6O3. The van der Waals surface area contributed by atoms with Crippen LogP contribution in [0.25, 0.3) is 0 Å². The van der Waals surface area contributed by atoms with E-state index in [4.69, 9.17) is 0 Å². The van der Waals surface area contributed by atoms with Gasteiger partial charge in [0, 0.05) is 19.5 Å². The number of rotatable bonds is 7. The fourth-order valence-electron chi connectivity index (χ4n) is 1.93. The summed E-state index contributed by atoms with van der Waals surface area (Å²) in [6.07, 6.45) is 2.62. The van der Waals surface area contributed by atoms with Crippen LogP contribution in [0.15, 0.2) is 10.9 Å². The molecule has 108 valence electrons. The Morgan fingerprint density at radius 3 is 2.95 bits per heavy atom. The number of hydrogen-bond donors (Lipinski definition) is 1. The summed E-state index contributed by atoms with van der Waals surface area (Å²) in [6.45, 7) is 4.72. The Hall–Kier alpha value is -2.45. The van der Waals surface area contributed by atoms with E-state index in [0.717, 1.165) is 6.42 Å². The number of nitro groups is 1. The van der Waals surface area contributed by atoms with Crippen molar-refractivity contribution in [1.82, 2.24) is 19.9 Å². The second-order valence-electron chi connectivity index (χ2n) is 4.29. The van der Waals surface area contributed by atoms with Gasteiger partial charge in [0.25, 0.3) is 0 Å². The molecular weight excluding hydrogens is 264 g/mol. The van der Waals surface area contributed by atoms with E-state index in [2.05, 4.69) is 25.1 Å². The first-order chi connectivity index (χ1) is 9.63. The van der Waals surface area contributed by atoms with Gasteiger partial charge >= 0.3 is 5.69 Å². The number of aromatic nitrogens is 4. The molecule has 2 aromatic rings. The highest BCUT2D eigenvalue weighted by atomic mass is 16.6. The summed E-state index contributed by atoms with van der Waals surface area (Å²) in [4.78, 5) is 14.6. The summed E-state index contributed by atoms with van der Waals surface area (Å²) in [5, 5.41) is 22.1. The Morgan fingerprint density at radius 2 is 2.35 bits per heavy atom. The Labute approximate surface area is 115 Å². The van der Waals surface area contributed by atoms with Crippen molar-refractivity contribution in [3.63, 3.8) is 0 Å². The lowest BCUT2D eigenvalue weighted by Crippen LogP contribution is -2.12. The van der Waals surface area contributed by atoms with E-state index in [1.165, 1.54) is 6.39 Å². The van der Waals surface area contributed by atoms with E-state index in [1.807, 2.05) is 6.92 Å². The van der Waals surface area contributed by atoms with Crippen LogP contribution in [0.3, 0.4) is 0 Å². The summed E-state index contributed by atoms with van der Waals surface area (Å²) in [5.41, 5.74) is 0.428. The molecule has 1 N–H and O–H groups in total. The molecule has 9 nitrogen and oxygen atoms in total. The third kappa shape index (κ3) is 2.92. The molecule has 2 rings (SSSR count). The predicted octanol–water partition coefficient (Wildman–Crippen LogP) is 1.55. The van der Waals surface area contributed by atoms with Gasteiger partial charge in [0.1, 0.15) is 5.69 Å². The van der Waals surface area contributed by atoms with Gasteiger partial charge in [0.15, 0.2) is 5.82 Å². The first-order valence-electron chi connectivity index (χ1n) is 6.34. The number of hydrogen-bond acceptors (Lipinski definition) is 7. The fourth-order valence-corrected chi connectivity index (χ4v) is 1.93. The van der Waals surface area contributed by atoms with Crippen molar-refractivity contribution in [2.45, 2.75) is 33.2 Å². The minimum absolute atomic E-state index is 0.0200. The third-order valence-electron chi connectivity index (χ3n) is 2.76. The van der Waals surface area contributed by atoms with E-state index < -0.39 is 4.92 Å². The van der Waals surface area contributed by atoms with Crippen LogP contribution in [0.2, 0.25) is 0 Å². The van der Waals surface area contributed by atoms with Gasteiger partial charge < -0.3 is 9.84 Å². The van der Waals surface area contributed by atoms with E-state index in [1.54, 1.807) is 11.6 Å². The third-order valence-corrected chi connectivity index (χ3v) is 2.76. The smallest absolute Gasteiger partial charge is 0.333 e. The van der Waals surface area contributed by atoms with Crippen LogP contribution in [0.4, 0.5) is 11.5 Å². The van der Waals surface area contributed by atoms with E-state index in [9.17, 15) is 10.1 Å². The lowest BCUT2D eigenvalue weighted by molar-refractivity contribution is -0.384. The van der Waals surface area contributed by atoms with Gasteiger partial charge in [0.05, 0.1) is 4.92 Å². The van der Waals surface area contributed by atoms with Crippen molar-refractivity contribution >= 4 is 11.5 Å². The SMILES string of the molecule is CCCn1nc(C)c([N+](=O)[O-])c1NCCc1ncon1. The molecule has 0 amide bonds. The standard InChI is InChI=1S/C11H16N6O3/c1-3-6-16-11(10(17(18)19)8(2)14-16)12-5-4-9-13-7-20-15-9/h7,12H,3-6H2,1-2H3. The van der Waals surface area contributed by atoms with Gasteiger partial charge in [-0.1, -0.05) is 12.1 Å². The van der Waals surface area contributed by atoms with Crippen molar-refractivity contribution in [1.29, 1.82) is 0 Å². The molecule has 0 aliphatic carbocycles. The molecule has 0 aliphatic heterocycles. The summed E-state index contributed by atoms with van der Waals surface area (Å²) in [7, 11) is 0. The molecule has 0 aliphatic rings. The number of aryl methyl sites for hydroxylation is 2. The minimum atomic E-state index is -0.412. The lowest BCUT2D eigenvalue weighted by Gasteiger charge is -2.07. The second kappa shape index (κ2) is 6.13. The highest BCUT2D eigenvalue weighted by Gasteiger charge is 2.24. The van der Waals surface area contributed by atoms with Crippen LogP contribution < -0.4 is 5.32 Å². The van der Waals surface area contributed by atoms with Crippen LogP contribution in [-0.2, 0) is 13.0 Å². The zero-order chi connectivity index (χ0) is 14.5. The highest BCUT2D eigenvalue weighted by molar-refractivity contribution is 5.59. The highest BCUT2D eigenvalue weighted by Crippen LogP contribution is 2.28. The Kier molecular flexibility index (Phi) is 4.28. The number of nitrogens with one attached hydrogen (secondary N) is 1. The first kappa shape index (κ1) is 14.0. The number of nitrogens with zero attached hydrogens (tertiary/aromatic N) is 5. The van der Waals surface area contributed by atoms with Crippen LogP contribution in [0.5, 0.6) is 0 Å². The molecule has 0 aromatic carbocycles. The average Bonchev–Trinajstić information content (AvgIpc) is 2.99. The normalized spacial score (nSPS) is 10.7. The molecule has 2 aromatic heterocycles. The van der Waals surface area contributed by atoms with Gasteiger partial charge in [0.2, 0.25) is 12.2 Å². The lowest BCUT2D eigenvalue weighted by atomic mass is 10.3. The topological polar surface area (TPSA) is 112 Å².